The lowest BCUT2D eigenvalue weighted by Crippen LogP contribution is -2.24. The number of benzene rings is 1. The highest BCUT2D eigenvalue weighted by Crippen LogP contribution is 2.11. The molecule has 0 unspecified atom stereocenters. The zero-order chi connectivity index (χ0) is 13.1. The van der Waals surface area contributed by atoms with E-state index in [2.05, 4.69) is 21.2 Å². The Morgan fingerprint density at radius 2 is 2.06 bits per heavy atom. The second kappa shape index (κ2) is 5.27. The second-order valence-corrected chi connectivity index (χ2v) is 4.99. The molecule has 0 radical (unpaired) electrons. The molecule has 1 heterocycles. The molecule has 4 nitrogen and oxygen atoms in total. The van der Waals surface area contributed by atoms with E-state index >= 15 is 0 Å². The van der Waals surface area contributed by atoms with Crippen LogP contribution in [0, 0.1) is 0 Å². The molecule has 0 bridgehead atoms. The molecule has 2 rings (SSSR count). The summed E-state index contributed by atoms with van der Waals surface area (Å²) in [6, 6.07) is 9.48. The molecule has 0 fully saturated rings. The lowest BCUT2D eigenvalue weighted by atomic mass is 10.2. The van der Waals surface area contributed by atoms with Gasteiger partial charge in [0.25, 0.3) is 5.91 Å². The van der Waals surface area contributed by atoms with Gasteiger partial charge in [-0.25, -0.2) is 0 Å². The minimum atomic E-state index is -0.128. The molecule has 0 aliphatic rings. The van der Waals surface area contributed by atoms with E-state index in [1.54, 1.807) is 23.9 Å². The summed E-state index contributed by atoms with van der Waals surface area (Å²) >= 11 is 3.37. The Hall–Kier alpha value is -1.75. The number of nitrogens with one attached hydrogen (secondary N) is 1. The third kappa shape index (κ3) is 2.92. The Balaban J connectivity index is 2.00. The van der Waals surface area contributed by atoms with Crippen LogP contribution in [0.2, 0.25) is 0 Å². The predicted molar refractivity (Wildman–Crippen MR) is 75.1 cm³/mol. The van der Waals surface area contributed by atoms with Crippen LogP contribution in [-0.4, -0.2) is 10.5 Å². The van der Waals surface area contributed by atoms with E-state index in [9.17, 15) is 4.79 Å². The van der Waals surface area contributed by atoms with Gasteiger partial charge in [0.2, 0.25) is 0 Å². The first-order valence-corrected chi connectivity index (χ1v) is 6.30. The van der Waals surface area contributed by atoms with Crippen molar-refractivity contribution in [3.05, 3.63) is 52.3 Å². The Morgan fingerprint density at radius 1 is 1.39 bits per heavy atom. The predicted octanol–water partition coefficient (Wildman–Crippen LogP) is 2.30. The highest BCUT2D eigenvalue weighted by atomic mass is 79.9. The summed E-state index contributed by atoms with van der Waals surface area (Å²) in [6.07, 6.45) is 1.72. The number of hydrogen-bond donors (Lipinski definition) is 2. The molecule has 3 N–H and O–H groups in total. The van der Waals surface area contributed by atoms with Crippen molar-refractivity contribution in [3.8, 4) is 0 Å². The van der Waals surface area contributed by atoms with E-state index in [0.29, 0.717) is 17.9 Å². The number of aromatic nitrogens is 1. The van der Waals surface area contributed by atoms with Gasteiger partial charge in [-0.3, -0.25) is 4.79 Å². The molecule has 94 valence electrons. The van der Waals surface area contributed by atoms with Gasteiger partial charge in [-0.2, -0.15) is 0 Å². The lowest BCUT2D eigenvalue weighted by Gasteiger charge is -2.06. The molecule has 0 atom stereocenters. The molecule has 0 aliphatic carbocycles. The number of rotatable bonds is 3. The van der Waals surface area contributed by atoms with Crippen LogP contribution in [0.25, 0.3) is 0 Å². The molecule has 18 heavy (non-hydrogen) atoms. The Bertz CT molecular complexity index is 560. The van der Waals surface area contributed by atoms with Crippen molar-refractivity contribution < 1.29 is 4.79 Å². The smallest absolute Gasteiger partial charge is 0.268 e. The first-order valence-electron chi connectivity index (χ1n) is 5.51. The van der Waals surface area contributed by atoms with Gasteiger partial charge in [0, 0.05) is 24.3 Å². The maximum absolute atomic E-state index is 11.9. The fourth-order valence-corrected chi connectivity index (χ4v) is 1.96. The lowest BCUT2D eigenvalue weighted by molar-refractivity contribution is 0.0943. The van der Waals surface area contributed by atoms with E-state index in [0.717, 1.165) is 10.0 Å². The van der Waals surface area contributed by atoms with Crippen LogP contribution in [0.15, 0.2) is 41.0 Å². The quantitative estimate of drug-likeness (QED) is 0.914. The number of amides is 1. The summed E-state index contributed by atoms with van der Waals surface area (Å²) in [5.41, 5.74) is 7.83. The molecule has 0 saturated heterocycles. The van der Waals surface area contributed by atoms with Crippen LogP contribution in [0.1, 0.15) is 16.1 Å². The maximum Gasteiger partial charge on any atom is 0.268 e. The highest BCUT2D eigenvalue weighted by molar-refractivity contribution is 9.10. The number of anilines is 1. The minimum Gasteiger partial charge on any atom is -0.397 e. The highest BCUT2D eigenvalue weighted by Gasteiger charge is 2.10. The van der Waals surface area contributed by atoms with Crippen molar-refractivity contribution in [1.29, 1.82) is 0 Å². The molecule has 0 aliphatic heterocycles. The molecule has 1 aromatic carbocycles. The van der Waals surface area contributed by atoms with Crippen LogP contribution in [0.5, 0.6) is 0 Å². The fourth-order valence-electron chi connectivity index (χ4n) is 1.69. The van der Waals surface area contributed by atoms with E-state index in [1.165, 1.54) is 0 Å². The molecule has 1 aromatic heterocycles. The van der Waals surface area contributed by atoms with Crippen molar-refractivity contribution in [2.75, 3.05) is 5.73 Å². The summed E-state index contributed by atoms with van der Waals surface area (Å²) in [6.45, 7) is 0.497. The Kier molecular flexibility index (Phi) is 3.72. The average molecular weight is 308 g/mol. The fraction of sp³-hybridized carbons (Fsp3) is 0.154. The van der Waals surface area contributed by atoms with Gasteiger partial charge >= 0.3 is 0 Å². The van der Waals surface area contributed by atoms with E-state index < -0.39 is 0 Å². The van der Waals surface area contributed by atoms with Crippen LogP contribution in [-0.2, 0) is 13.6 Å². The Labute approximate surface area is 114 Å². The van der Waals surface area contributed by atoms with Crippen molar-refractivity contribution in [1.82, 2.24) is 9.88 Å². The molecule has 0 spiro atoms. The number of aryl methyl sites for hydroxylation is 1. The summed E-state index contributed by atoms with van der Waals surface area (Å²) in [4.78, 5) is 11.9. The summed E-state index contributed by atoms with van der Waals surface area (Å²) < 4.78 is 2.74. The first-order chi connectivity index (χ1) is 8.56. The van der Waals surface area contributed by atoms with Gasteiger partial charge in [-0.05, 0) is 23.8 Å². The van der Waals surface area contributed by atoms with Crippen LogP contribution < -0.4 is 11.1 Å². The summed E-state index contributed by atoms with van der Waals surface area (Å²) in [5.74, 6) is -0.128. The number of nitrogens with zero attached hydrogens (tertiary/aromatic N) is 1. The largest absolute Gasteiger partial charge is 0.397 e. The Morgan fingerprint density at radius 3 is 2.61 bits per heavy atom. The maximum atomic E-state index is 11.9. The number of nitrogens with two attached hydrogens (primary N) is 1. The van der Waals surface area contributed by atoms with Gasteiger partial charge in [-0.15, -0.1) is 0 Å². The number of nitrogen functional groups attached to an aromatic ring is 1. The SMILES string of the molecule is Cn1cc(N)cc1C(=O)NCc1ccc(Br)cc1. The number of carbonyl (C=O) groups excluding carboxylic acids is 1. The summed E-state index contributed by atoms with van der Waals surface area (Å²) in [5, 5.41) is 2.86. The normalized spacial score (nSPS) is 10.3. The topological polar surface area (TPSA) is 60.0 Å². The summed E-state index contributed by atoms with van der Waals surface area (Å²) in [7, 11) is 1.80. The molecular formula is C13H14BrN3O. The van der Waals surface area contributed by atoms with Crippen LogP contribution in [0.3, 0.4) is 0 Å². The van der Waals surface area contributed by atoms with Crippen molar-refractivity contribution in [2.45, 2.75) is 6.54 Å². The zero-order valence-electron chi connectivity index (χ0n) is 9.98. The molecule has 2 aromatic rings. The molecular weight excluding hydrogens is 294 g/mol. The van der Waals surface area contributed by atoms with E-state index in [4.69, 9.17) is 5.73 Å². The monoisotopic (exact) mass is 307 g/mol. The van der Waals surface area contributed by atoms with Crippen molar-refractivity contribution in [2.24, 2.45) is 7.05 Å². The first kappa shape index (κ1) is 12.7. The number of halogens is 1. The van der Waals surface area contributed by atoms with Crippen molar-refractivity contribution in [3.63, 3.8) is 0 Å². The third-order valence-electron chi connectivity index (χ3n) is 2.63. The molecule has 1 amide bonds. The van der Waals surface area contributed by atoms with Gasteiger partial charge in [0.15, 0.2) is 0 Å². The minimum absolute atomic E-state index is 0.128. The van der Waals surface area contributed by atoms with E-state index in [-0.39, 0.29) is 5.91 Å². The van der Waals surface area contributed by atoms with Crippen molar-refractivity contribution >= 4 is 27.5 Å². The van der Waals surface area contributed by atoms with Gasteiger partial charge in [0.1, 0.15) is 5.69 Å². The van der Waals surface area contributed by atoms with Gasteiger partial charge < -0.3 is 15.6 Å². The average Bonchev–Trinajstić information content (AvgIpc) is 2.67. The number of hydrogen-bond acceptors (Lipinski definition) is 2. The molecule has 5 heteroatoms. The van der Waals surface area contributed by atoms with Gasteiger partial charge in [0.05, 0.1) is 5.69 Å². The van der Waals surface area contributed by atoms with Crippen LogP contribution in [0.4, 0.5) is 5.69 Å². The number of carbonyl (C=O) groups is 1. The van der Waals surface area contributed by atoms with Crippen LogP contribution >= 0.6 is 15.9 Å². The molecule has 0 saturated carbocycles. The van der Waals surface area contributed by atoms with E-state index in [1.807, 2.05) is 24.3 Å². The zero-order valence-corrected chi connectivity index (χ0v) is 11.6. The third-order valence-corrected chi connectivity index (χ3v) is 3.15. The second-order valence-electron chi connectivity index (χ2n) is 4.08. The standard InChI is InChI=1S/C13H14BrN3O/c1-17-8-11(15)6-12(17)13(18)16-7-9-2-4-10(14)5-3-9/h2-6,8H,7,15H2,1H3,(H,16,18). The van der Waals surface area contributed by atoms with Gasteiger partial charge in [-0.1, -0.05) is 28.1 Å².